The van der Waals surface area contributed by atoms with E-state index in [0.29, 0.717) is 5.57 Å². The predicted octanol–water partition coefficient (Wildman–Crippen LogP) is 4.46. The van der Waals surface area contributed by atoms with Gasteiger partial charge >= 0.3 is 5.97 Å². The summed E-state index contributed by atoms with van der Waals surface area (Å²) in [5.74, 6) is 0.394. The average molecular weight is 246 g/mol. The smallest absolute Gasteiger partial charge is 0.338 e. The third kappa shape index (κ3) is 6.24. The SMILES string of the molecule is C=C(C)C(=O)O/C1=C/C=C/C=C/CCCCCC1. The molecule has 0 heterocycles. The van der Waals surface area contributed by atoms with Crippen molar-refractivity contribution in [1.29, 1.82) is 0 Å². The molecule has 0 fully saturated rings. The second-order valence-corrected chi connectivity index (χ2v) is 4.57. The molecule has 1 aliphatic carbocycles. The number of esters is 1. The lowest BCUT2D eigenvalue weighted by molar-refractivity contribution is -0.135. The first kappa shape index (κ1) is 14.5. The molecule has 0 aromatic carbocycles. The Bertz CT molecular complexity index is 373. The molecule has 0 N–H and O–H groups in total. The Balaban J connectivity index is 2.64. The minimum atomic E-state index is -0.336. The van der Waals surface area contributed by atoms with Gasteiger partial charge in [-0.25, -0.2) is 4.79 Å². The molecule has 2 heteroatoms. The second-order valence-electron chi connectivity index (χ2n) is 4.57. The van der Waals surface area contributed by atoms with Gasteiger partial charge in [-0.05, 0) is 32.3 Å². The van der Waals surface area contributed by atoms with Crippen LogP contribution in [-0.4, -0.2) is 5.97 Å². The van der Waals surface area contributed by atoms with Gasteiger partial charge in [0, 0.05) is 12.0 Å². The van der Waals surface area contributed by atoms with E-state index in [1.807, 2.05) is 24.3 Å². The van der Waals surface area contributed by atoms with Crippen LogP contribution < -0.4 is 0 Å². The quantitative estimate of drug-likeness (QED) is 0.531. The molecule has 0 unspecified atom stereocenters. The van der Waals surface area contributed by atoms with Gasteiger partial charge in [0.1, 0.15) is 5.76 Å². The lowest BCUT2D eigenvalue weighted by atomic mass is 10.1. The Morgan fingerprint density at radius 1 is 1.17 bits per heavy atom. The molecule has 0 spiro atoms. The van der Waals surface area contributed by atoms with Crippen LogP contribution in [-0.2, 0) is 9.53 Å². The molecule has 2 nitrogen and oxygen atoms in total. The normalized spacial score (nSPS) is 23.7. The van der Waals surface area contributed by atoms with Crippen molar-refractivity contribution in [1.82, 2.24) is 0 Å². The minimum Gasteiger partial charge on any atom is -0.428 e. The largest absolute Gasteiger partial charge is 0.428 e. The van der Waals surface area contributed by atoms with Crippen molar-refractivity contribution in [2.45, 2.75) is 45.4 Å². The molecule has 0 aliphatic heterocycles. The summed E-state index contributed by atoms with van der Waals surface area (Å²) in [6.07, 6.45) is 16.6. The minimum absolute atomic E-state index is 0.336. The zero-order chi connectivity index (χ0) is 13.2. The maximum atomic E-state index is 11.5. The monoisotopic (exact) mass is 246 g/mol. The van der Waals surface area contributed by atoms with Crippen LogP contribution in [0.15, 0.2) is 48.3 Å². The summed E-state index contributed by atoms with van der Waals surface area (Å²) in [6.45, 7) is 5.26. The van der Waals surface area contributed by atoms with Crippen LogP contribution in [0.25, 0.3) is 0 Å². The molecular weight excluding hydrogens is 224 g/mol. The fourth-order valence-corrected chi connectivity index (χ4v) is 1.69. The van der Waals surface area contributed by atoms with Gasteiger partial charge in [-0.3, -0.25) is 0 Å². The number of hydrogen-bond acceptors (Lipinski definition) is 2. The molecule has 0 saturated carbocycles. The highest BCUT2D eigenvalue weighted by molar-refractivity contribution is 5.87. The highest BCUT2D eigenvalue weighted by atomic mass is 16.5. The van der Waals surface area contributed by atoms with Crippen molar-refractivity contribution in [2.24, 2.45) is 0 Å². The van der Waals surface area contributed by atoms with E-state index in [4.69, 9.17) is 4.74 Å². The van der Waals surface area contributed by atoms with Gasteiger partial charge in [0.2, 0.25) is 0 Å². The number of ether oxygens (including phenoxy) is 1. The van der Waals surface area contributed by atoms with E-state index in [-0.39, 0.29) is 5.97 Å². The summed E-state index contributed by atoms with van der Waals surface area (Å²) >= 11 is 0. The molecule has 0 aromatic heterocycles. The molecule has 98 valence electrons. The van der Waals surface area contributed by atoms with E-state index in [2.05, 4.69) is 12.7 Å². The van der Waals surface area contributed by atoms with E-state index in [1.54, 1.807) is 6.92 Å². The topological polar surface area (TPSA) is 26.3 Å². The number of hydrogen-bond donors (Lipinski definition) is 0. The van der Waals surface area contributed by atoms with Gasteiger partial charge in [-0.15, -0.1) is 0 Å². The number of allylic oxidation sites excluding steroid dienone is 6. The van der Waals surface area contributed by atoms with Crippen molar-refractivity contribution in [3.63, 3.8) is 0 Å². The fourth-order valence-electron chi connectivity index (χ4n) is 1.69. The Labute approximate surface area is 110 Å². The molecule has 0 saturated heterocycles. The molecule has 0 amide bonds. The fraction of sp³-hybridized carbons (Fsp3) is 0.438. The number of rotatable bonds is 2. The summed E-state index contributed by atoms with van der Waals surface area (Å²) in [7, 11) is 0. The Morgan fingerprint density at radius 3 is 2.72 bits per heavy atom. The first-order chi connectivity index (χ1) is 8.70. The van der Waals surface area contributed by atoms with Crippen molar-refractivity contribution in [3.05, 3.63) is 48.3 Å². The maximum Gasteiger partial charge on any atom is 0.338 e. The third-order valence-electron chi connectivity index (χ3n) is 2.76. The molecule has 0 aromatic rings. The van der Waals surface area contributed by atoms with Gasteiger partial charge in [0.25, 0.3) is 0 Å². The maximum absolute atomic E-state index is 11.5. The summed E-state index contributed by atoms with van der Waals surface area (Å²) in [5, 5.41) is 0. The predicted molar refractivity (Wildman–Crippen MR) is 75.0 cm³/mol. The van der Waals surface area contributed by atoms with Crippen molar-refractivity contribution >= 4 is 5.97 Å². The highest BCUT2D eigenvalue weighted by Crippen LogP contribution is 2.15. The second kappa shape index (κ2) is 8.51. The molecule has 0 radical (unpaired) electrons. The summed E-state index contributed by atoms with van der Waals surface area (Å²) in [4.78, 5) is 11.5. The van der Waals surface area contributed by atoms with Gasteiger partial charge in [-0.2, -0.15) is 0 Å². The van der Waals surface area contributed by atoms with Crippen molar-refractivity contribution in [3.8, 4) is 0 Å². The lowest BCUT2D eigenvalue weighted by Crippen LogP contribution is -2.05. The summed E-state index contributed by atoms with van der Waals surface area (Å²) in [5.41, 5.74) is 0.436. The van der Waals surface area contributed by atoms with E-state index in [1.165, 1.54) is 19.3 Å². The molecule has 18 heavy (non-hydrogen) atoms. The van der Waals surface area contributed by atoms with Gasteiger partial charge < -0.3 is 4.74 Å². The van der Waals surface area contributed by atoms with Crippen LogP contribution in [0.2, 0.25) is 0 Å². The Morgan fingerprint density at radius 2 is 1.94 bits per heavy atom. The van der Waals surface area contributed by atoms with Crippen molar-refractivity contribution < 1.29 is 9.53 Å². The van der Waals surface area contributed by atoms with Gasteiger partial charge in [-0.1, -0.05) is 43.7 Å². The summed E-state index contributed by atoms with van der Waals surface area (Å²) in [6, 6.07) is 0. The number of carbonyl (C=O) groups excluding carboxylic acids is 1. The van der Waals surface area contributed by atoms with E-state index in [9.17, 15) is 4.79 Å². The van der Waals surface area contributed by atoms with Crippen LogP contribution in [0.3, 0.4) is 0 Å². The highest BCUT2D eigenvalue weighted by Gasteiger charge is 2.07. The average Bonchev–Trinajstić information content (AvgIpc) is 2.32. The van der Waals surface area contributed by atoms with Crippen LogP contribution in [0.5, 0.6) is 0 Å². The van der Waals surface area contributed by atoms with E-state index in [0.717, 1.165) is 25.0 Å². The Kier molecular flexibility index (Phi) is 6.85. The Hall–Kier alpha value is -1.57. The van der Waals surface area contributed by atoms with Crippen LogP contribution in [0.1, 0.15) is 45.4 Å². The molecule has 0 atom stereocenters. The number of carbonyl (C=O) groups is 1. The molecule has 1 rings (SSSR count). The molecule has 1 aliphatic rings. The zero-order valence-electron chi connectivity index (χ0n) is 11.2. The third-order valence-corrected chi connectivity index (χ3v) is 2.76. The molecular formula is C16H22O2. The zero-order valence-corrected chi connectivity index (χ0v) is 11.2. The van der Waals surface area contributed by atoms with Crippen molar-refractivity contribution in [2.75, 3.05) is 0 Å². The molecule has 0 bridgehead atoms. The van der Waals surface area contributed by atoms with Gasteiger partial charge in [0.15, 0.2) is 0 Å². The van der Waals surface area contributed by atoms with Crippen LogP contribution >= 0.6 is 0 Å². The van der Waals surface area contributed by atoms with Crippen LogP contribution in [0.4, 0.5) is 0 Å². The standard InChI is InChI=1S/C16H22O2/c1-14(2)16(17)18-15-12-10-8-6-4-3-5-7-9-11-13-15/h4,6,8,10,12H,1,3,5,7,9,11,13H2,2H3/b6-4+,10-8+,15-12+. The van der Waals surface area contributed by atoms with Crippen LogP contribution in [0, 0.1) is 0 Å². The lowest BCUT2D eigenvalue weighted by Gasteiger charge is -2.08. The van der Waals surface area contributed by atoms with E-state index >= 15 is 0 Å². The summed E-state index contributed by atoms with van der Waals surface area (Å²) < 4.78 is 5.30. The van der Waals surface area contributed by atoms with E-state index < -0.39 is 0 Å². The first-order valence-electron chi connectivity index (χ1n) is 6.60. The first-order valence-corrected chi connectivity index (χ1v) is 6.60. The van der Waals surface area contributed by atoms with Gasteiger partial charge in [0.05, 0.1) is 0 Å².